The van der Waals surface area contributed by atoms with Gasteiger partial charge in [0.25, 0.3) is 5.91 Å². The highest BCUT2D eigenvalue weighted by molar-refractivity contribution is 6.04. The fourth-order valence-corrected chi connectivity index (χ4v) is 1.84. The molecule has 21 heavy (non-hydrogen) atoms. The predicted octanol–water partition coefficient (Wildman–Crippen LogP) is 1.71. The maximum Gasteiger partial charge on any atom is 0.256 e. The second-order valence-electron chi connectivity index (χ2n) is 4.60. The van der Waals surface area contributed by atoms with Gasteiger partial charge in [0.05, 0.1) is 12.8 Å². The lowest BCUT2D eigenvalue weighted by Gasteiger charge is -2.07. The molecule has 2 N–H and O–H groups in total. The molecule has 0 spiro atoms. The van der Waals surface area contributed by atoms with E-state index in [9.17, 15) is 4.79 Å². The van der Waals surface area contributed by atoms with E-state index in [-0.39, 0.29) is 12.5 Å². The molecule has 2 aromatic rings. The first-order chi connectivity index (χ1) is 10.1. The first kappa shape index (κ1) is 14.8. The van der Waals surface area contributed by atoms with Gasteiger partial charge in [-0.15, -0.1) is 0 Å². The molecule has 1 aromatic heterocycles. The number of rotatable bonds is 3. The smallest absolute Gasteiger partial charge is 0.256 e. The fraction of sp³-hybridized carbons (Fsp3) is 0.250. The molecule has 0 unspecified atom stereocenters. The number of aliphatic hydroxyl groups excluding tert-OH is 1. The molecule has 1 amide bonds. The highest BCUT2D eigenvalue weighted by Crippen LogP contribution is 2.12. The molecule has 0 bridgehead atoms. The van der Waals surface area contributed by atoms with E-state index >= 15 is 0 Å². The van der Waals surface area contributed by atoms with Crippen molar-refractivity contribution >= 4 is 11.7 Å². The first-order valence-electron chi connectivity index (χ1n) is 6.61. The zero-order valence-electron chi connectivity index (χ0n) is 12.1. The van der Waals surface area contributed by atoms with Crippen LogP contribution in [0.4, 0.5) is 5.82 Å². The average molecular weight is 283 g/mol. The summed E-state index contributed by atoms with van der Waals surface area (Å²) in [5.74, 6) is 6.31. The maximum absolute atomic E-state index is 12.2. The summed E-state index contributed by atoms with van der Waals surface area (Å²) < 4.78 is 1.60. The van der Waals surface area contributed by atoms with Crippen molar-refractivity contribution < 1.29 is 9.90 Å². The van der Waals surface area contributed by atoms with E-state index < -0.39 is 0 Å². The number of carbonyl (C=O) groups is 1. The van der Waals surface area contributed by atoms with Gasteiger partial charge in [-0.3, -0.25) is 9.48 Å². The van der Waals surface area contributed by atoms with Crippen LogP contribution in [0.5, 0.6) is 0 Å². The van der Waals surface area contributed by atoms with Crippen LogP contribution in [0.15, 0.2) is 30.5 Å². The Balaban J connectivity index is 2.15. The zero-order chi connectivity index (χ0) is 15.2. The van der Waals surface area contributed by atoms with Crippen LogP contribution in [0.1, 0.15) is 27.9 Å². The van der Waals surface area contributed by atoms with Gasteiger partial charge in [-0.2, -0.15) is 5.10 Å². The molecule has 108 valence electrons. The Labute approximate surface area is 123 Å². The number of hydrogen-bond donors (Lipinski definition) is 2. The molecule has 0 fully saturated rings. The molecule has 0 radical (unpaired) electrons. The summed E-state index contributed by atoms with van der Waals surface area (Å²) in [6.45, 7) is 1.96. The molecule has 0 aliphatic heterocycles. The number of nitrogens with zero attached hydrogens (tertiary/aromatic N) is 2. The Hall–Kier alpha value is -2.58. The molecule has 0 atom stereocenters. The van der Waals surface area contributed by atoms with Gasteiger partial charge in [0, 0.05) is 30.7 Å². The Morgan fingerprint density at radius 1 is 1.43 bits per heavy atom. The van der Waals surface area contributed by atoms with Crippen LogP contribution >= 0.6 is 0 Å². The Morgan fingerprint density at radius 3 is 2.86 bits per heavy atom. The second kappa shape index (κ2) is 6.73. The Morgan fingerprint density at radius 2 is 2.24 bits per heavy atom. The van der Waals surface area contributed by atoms with Gasteiger partial charge in [0.1, 0.15) is 5.82 Å². The summed E-state index contributed by atoms with van der Waals surface area (Å²) in [7, 11) is 1.76. The summed E-state index contributed by atoms with van der Waals surface area (Å²) in [6.07, 6.45) is 2.07. The van der Waals surface area contributed by atoms with Crippen molar-refractivity contribution in [3.8, 4) is 11.8 Å². The minimum Gasteiger partial charge on any atom is -0.395 e. The van der Waals surface area contributed by atoms with Crippen molar-refractivity contribution in [3.63, 3.8) is 0 Å². The molecule has 1 aromatic carbocycles. The van der Waals surface area contributed by atoms with E-state index in [2.05, 4.69) is 22.3 Å². The standard InChI is InChI=1S/C16H17N3O2/c1-12-11-14(7-6-13(12)5-3-4-10-20)16(21)18-15-8-9-17-19(15)2/h6-9,11,20H,4,10H2,1-2H3,(H,18,21). The van der Waals surface area contributed by atoms with Gasteiger partial charge in [-0.1, -0.05) is 11.8 Å². The van der Waals surface area contributed by atoms with Crippen LogP contribution in [0.2, 0.25) is 0 Å². The second-order valence-corrected chi connectivity index (χ2v) is 4.60. The van der Waals surface area contributed by atoms with Gasteiger partial charge >= 0.3 is 0 Å². The van der Waals surface area contributed by atoms with Crippen LogP contribution in [-0.4, -0.2) is 27.4 Å². The normalized spacial score (nSPS) is 9.86. The van der Waals surface area contributed by atoms with Crippen molar-refractivity contribution in [2.75, 3.05) is 11.9 Å². The van der Waals surface area contributed by atoms with Gasteiger partial charge in [0.2, 0.25) is 0 Å². The predicted molar refractivity (Wildman–Crippen MR) is 80.9 cm³/mol. The molecule has 2 rings (SSSR count). The number of aromatic nitrogens is 2. The van der Waals surface area contributed by atoms with Crippen LogP contribution in [-0.2, 0) is 7.05 Å². The molecule has 0 saturated carbocycles. The van der Waals surface area contributed by atoms with Crippen molar-refractivity contribution in [2.45, 2.75) is 13.3 Å². The molecule has 0 saturated heterocycles. The third-order valence-electron chi connectivity index (χ3n) is 3.01. The van der Waals surface area contributed by atoms with Crippen molar-refractivity contribution in [2.24, 2.45) is 7.05 Å². The van der Waals surface area contributed by atoms with E-state index in [4.69, 9.17) is 5.11 Å². The maximum atomic E-state index is 12.2. The van der Waals surface area contributed by atoms with Crippen LogP contribution < -0.4 is 5.32 Å². The van der Waals surface area contributed by atoms with Crippen molar-refractivity contribution in [3.05, 3.63) is 47.2 Å². The summed E-state index contributed by atoms with van der Waals surface area (Å²) in [4.78, 5) is 12.2. The topological polar surface area (TPSA) is 67.2 Å². The first-order valence-corrected chi connectivity index (χ1v) is 6.61. The third-order valence-corrected chi connectivity index (χ3v) is 3.01. The third kappa shape index (κ3) is 3.71. The van der Waals surface area contributed by atoms with Crippen molar-refractivity contribution in [1.82, 2.24) is 9.78 Å². The number of aliphatic hydroxyl groups is 1. The minimum atomic E-state index is -0.184. The van der Waals surface area contributed by atoms with E-state index in [0.29, 0.717) is 17.8 Å². The van der Waals surface area contributed by atoms with E-state index in [1.807, 2.05) is 13.0 Å². The summed E-state index contributed by atoms with van der Waals surface area (Å²) in [5, 5.41) is 15.5. The molecule has 5 heteroatoms. The number of hydrogen-bond acceptors (Lipinski definition) is 3. The van der Waals surface area contributed by atoms with Crippen LogP contribution in [0.25, 0.3) is 0 Å². The quantitative estimate of drug-likeness (QED) is 0.843. The number of nitrogens with one attached hydrogen (secondary N) is 1. The van der Waals surface area contributed by atoms with E-state index in [1.165, 1.54) is 0 Å². The fourth-order valence-electron chi connectivity index (χ4n) is 1.84. The molecular formula is C16H17N3O2. The molecule has 0 aliphatic rings. The Kier molecular flexibility index (Phi) is 4.75. The van der Waals surface area contributed by atoms with Gasteiger partial charge in [0.15, 0.2) is 0 Å². The highest BCUT2D eigenvalue weighted by atomic mass is 16.2. The average Bonchev–Trinajstić information content (AvgIpc) is 2.86. The number of amides is 1. The minimum absolute atomic E-state index is 0.0528. The monoisotopic (exact) mass is 283 g/mol. The van der Waals surface area contributed by atoms with Gasteiger partial charge in [-0.05, 0) is 30.7 Å². The Bertz CT molecular complexity index is 708. The van der Waals surface area contributed by atoms with Crippen LogP contribution in [0, 0.1) is 18.8 Å². The highest BCUT2D eigenvalue weighted by Gasteiger charge is 2.09. The van der Waals surface area contributed by atoms with E-state index in [0.717, 1.165) is 11.1 Å². The summed E-state index contributed by atoms with van der Waals surface area (Å²) in [5.41, 5.74) is 2.36. The molecule has 5 nitrogen and oxygen atoms in total. The van der Waals surface area contributed by atoms with Gasteiger partial charge < -0.3 is 10.4 Å². The van der Waals surface area contributed by atoms with E-state index in [1.54, 1.807) is 36.1 Å². The number of benzene rings is 1. The van der Waals surface area contributed by atoms with Crippen molar-refractivity contribution in [1.29, 1.82) is 0 Å². The largest absolute Gasteiger partial charge is 0.395 e. The number of aryl methyl sites for hydroxylation is 2. The van der Waals surface area contributed by atoms with Gasteiger partial charge in [-0.25, -0.2) is 0 Å². The lowest BCUT2D eigenvalue weighted by molar-refractivity contribution is 0.102. The summed E-state index contributed by atoms with van der Waals surface area (Å²) in [6, 6.07) is 7.09. The zero-order valence-corrected chi connectivity index (χ0v) is 12.1. The molecule has 0 aliphatic carbocycles. The number of anilines is 1. The lowest BCUT2D eigenvalue weighted by Crippen LogP contribution is -2.14. The summed E-state index contributed by atoms with van der Waals surface area (Å²) >= 11 is 0. The van der Waals surface area contributed by atoms with Crippen LogP contribution in [0.3, 0.4) is 0 Å². The number of carbonyl (C=O) groups excluding carboxylic acids is 1. The molecular weight excluding hydrogens is 266 g/mol. The molecule has 1 heterocycles. The SMILES string of the molecule is Cc1cc(C(=O)Nc2ccnn2C)ccc1C#CCCO. The lowest BCUT2D eigenvalue weighted by atomic mass is 10.0.